The molecule has 0 aromatic carbocycles. The molecule has 1 fully saturated rings. The monoisotopic (exact) mass is 686 g/mol. The van der Waals surface area contributed by atoms with Crippen molar-refractivity contribution in [3.8, 4) is 28.0 Å². The summed E-state index contributed by atoms with van der Waals surface area (Å²) in [6.07, 6.45) is 9.00. The maximum absolute atomic E-state index is 14.2. The van der Waals surface area contributed by atoms with Gasteiger partial charge < -0.3 is 19.2 Å². The minimum absolute atomic E-state index is 0.00750. The van der Waals surface area contributed by atoms with Crippen molar-refractivity contribution in [3.63, 3.8) is 0 Å². The van der Waals surface area contributed by atoms with E-state index in [4.69, 9.17) is 23.9 Å². The number of hydrogen-bond acceptors (Lipinski definition) is 12. The van der Waals surface area contributed by atoms with E-state index in [1.54, 1.807) is 6.20 Å². The number of fused-ring (bicyclic) bond motifs is 3. The predicted molar refractivity (Wildman–Crippen MR) is 183 cm³/mol. The average molecular weight is 687 g/mol. The highest BCUT2D eigenvalue weighted by Gasteiger charge is 2.43. The highest BCUT2D eigenvalue weighted by atomic mass is 32.2. The third kappa shape index (κ3) is 5.55. The molecule has 5 aromatic rings. The number of aryl methyl sites for hydroxylation is 2. The van der Waals surface area contributed by atoms with Gasteiger partial charge in [-0.1, -0.05) is 25.0 Å². The fraction of sp³-hybridized carbons (Fsp3) is 0.457. The Kier molecular flexibility index (Phi) is 8.16. The number of nitrogens with one attached hydrogen (secondary N) is 1. The first-order valence-electron chi connectivity index (χ1n) is 16.6. The second kappa shape index (κ2) is 12.5. The SMILES string of the molecule is COc1nnc(-c2c(CCC3CCOCC3)nc3c(c2-c2cc4ccnc(N[C@@H]5CCc6ncccc65)c4s2)S(=O)(=O)CC3C(C)C)o1. The van der Waals surface area contributed by atoms with Gasteiger partial charge in [0.25, 0.3) is 5.89 Å². The fourth-order valence-corrected chi connectivity index (χ4v) is 10.9. The highest BCUT2D eigenvalue weighted by Crippen LogP contribution is 2.51. The number of ether oxygens (including phenoxy) is 2. The van der Waals surface area contributed by atoms with Crippen molar-refractivity contribution >= 4 is 37.1 Å². The average Bonchev–Trinajstić information content (AvgIpc) is 3.89. The van der Waals surface area contributed by atoms with Crippen molar-refractivity contribution in [1.82, 2.24) is 25.1 Å². The van der Waals surface area contributed by atoms with Crippen LogP contribution in [0.1, 0.15) is 74.1 Å². The first-order chi connectivity index (χ1) is 23.3. The van der Waals surface area contributed by atoms with Gasteiger partial charge in [0.1, 0.15) is 5.82 Å². The summed E-state index contributed by atoms with van der Waals surface area (Å²) in [5.41, 5.74) is 4.86. The first-order valence-corrected chi connectivity index (χ1v) is 19.1. The number of methoxy groups -OCH3 is 1. The number of anilines is 1. The summed E-state index contributed by atoms with van der Waals surface area (Å²) in [6, 6.07) is 8.21. The van der Waals surface area contributed by atoms with Gasteiger partial charge in [0.05, 0.1) is 45.5 Å². The lowest BCUT2D eigenvalue weighted by atomic mass is 9.89. The summed E-state index contributed by atoms with van der Waals surface area (Å²) >= 11 is 1.52. The van der Waals surface area contributed by atoms with E-state index in [2.05, 4.69) is 46.5 Å². The van der Waals surface area contributed by atoms with Crippen LogP contribution in [-0.4, -0.2) is 59.6 Å². The van der Waals surface area contributed by atoms with Crippen LogP contribution in [0.25, 0.3) is 32.0 Å². The van der Waals surface area contributed by atoms with Gasteiger partial charge in [-0.25, -0.2) is 13.4 Å². The van der Waals surface area contributed by atoms with Crippen LogP contribution < -0.4 is 10.1 Å². The zero-order valence-electron chi connectivity index (χ0n) is 27.2. The Balaban J connectivity index is 1.32. The zero-order chi connectivity index (χ0) is 33.0. The van der Waals surface area contributed by atoms with Gasteiger partial charge >= 0.3 is 6.08 Å². The van der Waals surface area contributed by atoms with Crippen molar-refractivity contribution in [1.29, 1.82) is 0 Å². The Labute approximate surface area is 283 Å². The van der Waals surface area contributed by atoms with Gasteiger partial charge in [-0.2, -0.15) is 0 Å². The number of rotatable bonds is 9. The highest BCUT2D eigenvalue weighted by molar-refractivity contribution is 7.92. The van der Waals surface area contributed by atoms with Crippen molar-refractivity contribution < 1.29 is 22.3 Å². The van der Waals surface area contributed by atoms with Crippen LogP contribution in [-0.2, 0) is 27.4 Å². The summed E-state index contributed by atoms with van der Waals surface area (Å²) in [5.74, 6) is 1.34. The van der Waals surface area contributed by atoms with E-state index in [-0.39, 0.29) is 40.5 Å². The molecule has 1 unspecified atom stereocenters. The van der Waals surface area contributed by atoms with E-state index < -0.39 is 9.84 Å². The molecule has 8 rings (SSSR count). The lowest BCUT2D eigenvalue weighted by Gasteiger charge is -2.23. The van der Waals surface area contributed by atoms with Crippen molar-refractivity contribution in [3.05, 3.63) is 59.3 Å². The molecule has 0 spiro atoms. The molecule has 3 aliphatic rings. The molecular formula is C35H38N6O5S2. The van der Waals surface area contributed by atoms with Gasteiger partial charge in [0.2, 0.25) is 0 Å². The molecule has 2 aliphatic heterocycles. The molecule has 48 heavy (non-hydrogen) atoms. The molecule has 2 atom stereocenters. The molecule has 0 amide bonds. The Morgan fingerprint density at radius 1 is 1.08 bits per heavy atom. The zero-order valence-corrected chi connectivity index (χ0v) is 28.9. The van der Waals surface area contributed by atoms with Crippen molar-refractivity contribution in [2.45, 2.75) is 69.2 Å². The fourth-order valence-electron chi connectivity index (χ4n) is 7.45. The lowest BCUT2D eigenvalue weighted by Crippen LogP contribution is -2.17. The molecular weight excluding hydrogens is 649 g/mol. The number of pyridine rings is 3. The van der Waals surface area contributed by atoms with Gasteiger partial charge in [-0.15, -0.1) is 16.4 Å². The van der Waals surface area contributed by atoms with Gasteiger partial charge in [0.15, 0.2) is 9.84 Å². The molecule has 5 aromatic heterocycles. The summed E-state index contributed by atoms with van der Waals surface area (Å²) in [4.78, 5) is 15.6. The maximum Gasteiger partial charge on any atom is 0.414 e. The second-order valence-electron chi connectivity index (χ2n) is 13.3. The number of aromatic nitrogens is 5. The number of sulfone groups is 1. The molecule has 13 heteroatoms. The van der Waals surface area contributed by atoms with Crippen LogP contribution in [0.15, 0.2) is 46.0 Å². The second-order valence-corrected chi connectivity index (χ2v) is 16.3. The topological polar surface area (TPSA) is 142 Å². The molecule has 1 aliphatic carbocycles. The Hall–Kier alpha value is -3.94. The molecule has 7 heterocycles. The normalized spacial score (nSPS) is 20.3. The standard InChI is InChI=1S/C35H38N6O5S2/c1-19(2)23-18-48(42,43)32-29(27-17-21-10-14-37-33(31(21)47-27)39-25-9-8-24-22(25)5-4-13-36-24)28(34-40-41-35(44-3)46-34)26(38-30(23)32)7-6-20-11-15-45-16-12-20/h4-5,10,13-14,17,19-20,23,25H,6-9,11-12,15-16,18H2,1-3H3,(H,37,39)/t23?,25-/m1/s1. The third-order valence-corrected chi connectivity index (χ3v) is 13.0. The molecule has 0 radical (unpaired) electrons. The molecule has 0 bridgehead atoms. The maximum atomic E-state index is 14.2. The number of nitrogens with zero attached hydrogens (tertiary/aromatic N) is 5. The smallest absolute Gasteiger partial charge is 0.414 e. The van der Waals surface area contributed by atoms with E-state index in [0.29, 0.717) is 29.2 Å². The van der Waals surface area contributed by atoms with Crippen LogP contribution in [0.4, 0.5) is 5.82 Å². The largest absolute Gasteiger partial charge is 0.452 e. The van der Waals surface area contributed by atoms with Crippen molar-refractivity contribution in [2.75, 3.05) is 31.4 Å². The van der Waals surface area contributed by atoms with Gasteiger partial charge in [-0.05, 0) is 79.5 Å². The molecule has 11 nitrogen and oxygen atoms in total. The van der Waals surface area contributed by atoms with Crippen LogP contribution in [0.2, 0.25) is 0 Å². The van der Waals surface area contributed by atoms with E-state index in [1.807, 2.05) is 18.3 Å². The summed E-state index contributed by atoms with van der Waals surface area (Å²) in [5, 5.41) is 13.1. The first kappa shape index (κ1) is 31.3. The van der Waals surface area contributed by atoms with Crippen LogP contribution in [0.5, 0.6) is 6.08 Å². The molecule has 1 saturated heterocycles. The minimum Gasteiger partial charge on any atom is -0.452 e. The summed E-state index contributed by atoms with van der Waals surface area (Å²) in [7, 11) is -2.22. The number of hydrogen-bond donors (Lipinski definition) is 1. The Morgan fingerprint density at radius 3 is 2.73 bits per heavy atom. The quantitative estimate of drug-likeness (QED) is 0.175. The van der Waals surface area contributed by atoms with Gasteiger partial charge in [-0.3, -0.25) is 9.97 Å². The summed E-state index contributed by atoms with van der Waals surface area (Å²) < 4.78 is 46.2. The van der Waals surface area contributed by atoms with E-state index in [0.717, 1.165) is 77.5 Å². The summed E-state index contributed by atoms with van der Waals surface area (Å²) in [6.45, 7) is 5.64. The number of thiophene rings is 1. The molecule has 0 saturated carbocycles. The lowest BCUT2D eigenvalue weighted by molar-refractivity contribution is 0.0639. The van der Waals surface area contributed by atoms with E-state index in [9.17, 15) is 8.42 Å². The Bertz CT molecular complexity index is 2100. The van der Waals surface area contributed by atoms with E-state index >= 15 is 0 Å². The predicted octanol–water partition coefficient (Wildman–Crippen LogP) is 6.80. The van der Waals surface area contributed by atoms with Gasteiger partial charge in [0, 0.05) is 47.7 Å². The van der Waals surface area contributed by atoms with Crippen LogP contribution in [0.3, 0.4) is 0 Å². The van der Waals surface area contributed by atoms with Crippen LogP contribution in [0, 0.1) is 11.8 Å². The molecule has 250 valence electrons. The molecule has 1 N–H and O–H groups in total. The third-order valence-electron chi connectivity index (χ3n) is 10.0. The Morgan fingerprint density at radius 2 is 1.94 bits per heavy atom. The minimum atomic E-state index is -3.69. The van der Waals surface area contributed by atoms with Crippen LogP contribution >= 0.6 is 11.3 Å². The van der Waals surface area contributed by atoms with E-state index in [1.165, 1.54) is 24.0 Å². The van der Waals surface area contributed by atoms with Crippen molar-refractivity contribution in [2.24, 2.45) is 11.8 Å².